The number of hydrogen-bond acceptors (Lipinski definition) is 5. The molecule has 3 heterocycles. The van der Waals surface area contributed by atoms with Crippen molar-refractivity contribution in [1.29, 1.82) is 0 Å². The van der Waals surface area contributed by atoms with E-state index in [0.29, 0.717) is 17.7 Å². The van der Waals surface area contributed by atoms with Crippen LogP contribution in [0.3, 0.4) is 0 Å². The Hall–Kier alpha value is -3.36. The Morgan fingerprint density at radius 1 is 0.971 bits per heavy atom. The second-order valence-electron chi connectivity index (χ2n) is 9.31. The first kappa shape index (κ1) is 23.4. The van der Waals surface area contributed by atoms with Crippen molar-refractivity contribution >= 4 is 28.7 Å². The Morgan fingerprint density at radius 3 is 2.40 bits per heavy atom. The molecule has 5 rings (SSSR count). The van der Waals surface area contributed by atoms with E-state index < -0.39 is 11.2 Å². The van der Waals surface area contributed by atoms with Crippen LogP contribution in [-0.4, -0.2) is 50.2 Å². The molecule has 0 unspecified atom stereocenters. The topological polar surface area (TPSA) is 79.2 Å². The number of piperazine rings is 1. The van der Waals surface area contributed by atoms with Gasteiger partial charge in [0.1, 0.15) is 0 Å². The highest BCUT2D eigenvalue weighted by atomic mass is 35.5. The molecule has 9 heteroatoms. The first-order valence-corrected chi connectivity index (χ1v) is 12.2. The Bertz CT molecular complexity index is 1490. The van der Waals surface area contributed by atoms with Gasteiger partial charge in [-0.15, -0.1) is 0 Å². The minimum Gasteiger partial charge on any atom is -0.340 e. The first-order valence-electron chi connectivity index (χ1n) is 11.8. The van der Waals surface area contributed by atoms with Crippen LogP contribution in [-0.2, 0) is 20.1 Å². The average molecular weight is 493 g/mol. The Balaban J connectivity index is 1.48. The zero-order chi connectivity index (χ0) is 24.7. The van der Waals surface area contributed by atoms with Gasteiger partial charge >= 0.3 is 5.69 Å². The van der Waals surface area contributed by atoms with Gasteiger partial charge in [-0.05, 0) is 42.7 Å². The third-order valence-electron chi connectivity index (χ3n) is 6.79. The Labute approximate surface area is 208 Å². The summed E-state index contributed by atoms with van der Waals surface area (Å²) in [5, 5.41) is 0.741. The fourth-order valence-electron chi connectivity index (χ4n) is 4.71. The van der Waals surface area contributed by atoms with Crippen molar-refractivity contribution in [3.05, 3.63) is 90.6 Å². The molecule has 0 atom stereocenters. The number of hydrogen-bond donors (Lipinski definition) is 1. The summed E-state index contributed by atoms with van der Waals surface area (Å²) < 4.78 is 3.38. The third kappa shape index (κ3) is 4.63. The molecule has 1 fully saturated rings. The summed E-state index contributed by atoms with van der Waals surface area (Å²) in [4.78, 5) is 37.1. The van der Waals surface area contributed by atoms with E-state index in [-0.39, 0.29) is 0 Å². The summed E-state index contributed by atoms with van der Waals surface area (Å²) in [5.41, 5.74) is 4.62. The molecule has 0 aliphatic carbocycles. The quantitative estimate of drug-likeness (QED) is 0.463. The summed E-state index contributed by atoms with van der Waals surface area (Å²) in [5.74, 6) is 0.721. The Morgan fingerprint density at radius 2 is 1.69 bits per heavy atom. The highest BCUT2D eigenvalue weighted by Crippen LogP contribution is 2.24. The molecule has 1 saturated heterocycles. The molecule has 35 heavy (non-hydrogen) atoms. The summed E-state index contributed by atoms with van der Waals surface area (Å²) in [6.45, 7) is 8.78. The van der Waals surface area contributed by atoms with Gasteiger partial charge in [-0.25, -0.2) is 4.79 Å². The highest BCUT2D eigenvalue weighted by molar-refractivity contribution is 6.30. The number of rotatable bonds is 5. The van der Waals surface area contributed by atoms with Crippen LogP contribution in [0.5, 0.6) is 0 Å². The molecule has 4 aromatic rings. The van der Waals surface area contributed by atoms with E-state index in [9.17, 15) is 9.59 Å². The fourth-order valence-corrected chi connectivity index (χ4v) is 4.84. The third-order valence-corrected chi connectivity index (χ3v) is 7.05. The number of imidazole rings is 1. The lowest BCUT2D eigenvalue weighted by molar-refractivity contribution is 0.248. The predicted octanol–water partition coefficient (Wildman–Crippen LogP) is 3.06. The van der Waals surface area contributed by atoms with E-state index in [0.717, 1.165) is 60.4 Å². The van der Waals surface area contributed by atoms with Crippen LogP contribution in [0.4, 0.5) is 5.95 Å². The van der Waals surface area contributed by atoms with Gasteiger partial charge < -0.3 is 4.90 Å². The molecule has 1 N–H and O–H groups in total. The van der Waals surface area contributed by atoms with Crippen molar-refractivity contribution < 1.29 is 0 Å². The maximum atomic E-state index is 12.9. The molecule has 1 aliphatic rings. The molecule has 0 bridgehead atoms. The SMILES string of the molecule is Cc1ccc(C)c(Cn2c(N3CCN(Cc4ccc(Cl)cc4)CC3)nc3c2c(=O)[nH]c(=O)n3C)c1. The van der Waals surface area contributed by atoms with Gasteiger partial charge in [0.2, 0.25) is 5.95 Å². The number of H-pyrrole nitrogens is 1. The van der Waals surface area contributed by atoms with Gasteiger partial charge in [-0.3, -0.25) is 23.8 Å². The number of aromatic amines is 1. The second kappa shape index (κ2) is 9.36. The molecule has 8 nitrogen and oxygen atoms in total. The molecular formula is C26H29ClN6O2. The minimum atomic E-state index is -0.460. The van der Waals surface area contributed by atoms with E-state index in [1.165, 1.54) is 10.1 Å². The lowest BCUT2D eigenvalue weighted by atomic mass is 10.1. The van der Waals surface area contributed by atoms with Crippen molar-refractivity contribution in [3.63, 3.8) is 0 Å². The maximum absolute atomic E-state index is 12.9. The van der Waals surface area contributed by atoms with Gasteiger partial charge in [0, 0.05) is 44.8 Å². The standard InChI is InChI=1S/C26H29ClN6O2/c1-17-4-5-18(2)20(14-17)16-33-22-23(30(3)26(35)29-24(22)34)28-25(33)32-12-10-31(11-13-32)15-19-6-8-21(27)9-7-19/h4-9,14H,10-13,15-16H2,1-3H3,(H,29,34,35). The molecule has 2 aromatic carbocycles. The van der Waals surface area contributed by atoms with Crippen LogP contribution in [0.1, 0.15) is 22.3 Å². The van der Waals surface area contributed by atoms with Crippen molar-refractivity contribution in [2.75, 3.05) is 31.1 Å². The smallest absolute Gasteiger partial charge is 0.329 e. The lowest BCUT2D eigenvalue weighted by Crippen LogP contribution is -2.47. The number of halogens is 1. The van der Waals surface area contributed by atoms with Crippen LogP contribution >= 0.6 is 11.6 Å². The van der Waals surface area contributed by atoms with Crippen LogP contribution < -0.4 is 16.1 Å². The van der Waals surface area contributed by atoms with Gasteiger partial charge in [0.05, 0.1) is 6.54 Å². The number of benzene rings is 2. The van der Waals surface area contributed by atoms with Gasteiger partial charge in [0.15, 0.2) is 11.2 Å². The number of nitrogens with zero attached hydrogens (tertiary/aromatic N) is 5. The largest absolute Gasteiger partial charge is 0.340 e. The monoisotopic (exact) mass is 492 g/mol. The number of aryl methyl sites for hydroxylation is 3. The van der Waals surface area contributed by atoms with E-state index in [1.54, 1.807) is 7.05 Å². The minimum absolute atomic E-state index is 0.405. The summed E-state index contributed by atoms with van der Waals surface area (Å²) in [7, 11) is 1.64. The lowest BCUT2D eigenvalue weighted by Gasteiger charge is -2.35. The van der Waals surface area contributed by atoms with Crippen molar-refractivity contribution in [2.45, 2.75) is 26.9 Å². The van der Waals surface area contributed by atoms with E-state index in [2.05, 4.69) is 59.0 Å². The zero-order valence-corrected chi connectivity index (χ0v) is 21.0. The molecule has 0 radical (unpaired) electrons. The van der Waals surface area contributed by atoms with Crippen LogP contribution in [0, 0.1) is 13.8 Å². The molecule has 2 aromatic heterocycles. The molecule has 0 spiro atoms. The van der Waals surface area contributed by atoms with Crippen molar-refractivity contribution in [3.8, 4) is 0 Å². The number of nitrogens with one attached hydrogen (secondary N) is 1. The van der Waals surface area contributed by atoms with Crippen LogP contribution in [0.25, 0.3) is 11.2 Å². The maximum Gasteiger partial charge on any atom is 0.329 e. The number of fused-ring (bicyclic) bond motifs is 1. The highest BCUT2D eigenvalue weighted by Gasteiger charge is 2.25. The summed E-state index contributed by atoms with van der Waals surface area (Å²) in [6, 6.07) is 14.3. The average Bonchev–Trinajstić information content (AvgIpc) is 3.22. The molecule has 182 valence electrons. The first-order chi connectivity index (χ1) is 16.8. The predicted molar refractivity (Wildman–Crippen MR) is 140 cm³/mol. The number of aromatic nitrogens is 4. The van der Waals surface area contributed by atoms with E-state index >= 15 is 0 Å². The fraction of sp³-hybridized carbons (Fsp3) is 0.346. The van der Waals surface area contributed by atoms with E-state index in [1.807, 2.05) is 16.7 Å². The Kier molecular flexibility index (Phi) is 6.25. The van der Waals surface area contributed by atoms with Gasteiger partial charge in [0.25, 0.3) is 5.56 Å². The van der Waals surface area contributed by atoms with Crippen LogP contribution in [0.15, 0.2) is 52.1 Å². The van der Waals surface area contributed by atoms with Crippen molar-refractivity contribution in [2.24, 2.45) is 7.05 Å². The normalized spacial score (nSPS) is 14.7. The molecular weight excluding hydrogens is 464 g/mol. The van der Waals surface area contributed by atoms with E-state index in [4.69, 9.17) is 16.6 Å². The summed E-state index contributed by atoms with van der Waals surface area (Å²) in [6.07, 6.45) is 0. The summed E-state index contributed by atoms with van der Waals surface area (Å²) >= 11 is 6.02. The van der Waals surface area contributed by atoms with Crippen LogP contribution in [0.2, 0.25) is 5.02 Å². The van der Waals surface area contributed by atoms with Gasteiger partial charge in [-0.1, -0.05) is 47.5 Å². The number of anilines is 1. The second-order valence-corrected chi connectivity index (χ2v) is 9.74. The molecule has 0 amide bonds. The molecule has 1 aliphatic heterocycles. The zero-order valence-electron chi connectivity index (χ0n) is 20.2. The van der Waals surface area contributed by atoms with Crippen molar-refractivity contribution in [1.82, 2.24) is 24.0 Å². The van der Waals surface area contributed by atoms with Gasteiger partial charge in [-0.2, -0.15) is 4.98 Å². The molecule has 0 saturated carbocycles.